The molecule has 1 aliphatic heterocycles. The molecule has 2 N–H and O–H groups in total. The van der Waals surface area contributed by atoms with Gasteiger partial charge in [0.25, 0.3) is 0 Å². The van der Waals surface area contributed by atoms with Gasteiger partial charge in [-0.05, 0) is 36.6 Å². The van der Waals surface area contributed by atoms with E-state index in [0.29, 0.717) is 54.8 Å². The number of aromatic nitrogens is 6. The lowest BCUT2D eigenvalue weighted by molar-refractivity contribution is 0.143. The molecule has 35 heavy (non-hydrogen) atoms. The normalized spacial score (nSPS) is 12.2. The summed E-state index contributed by atoms with van der Waals surface area (Å²) in [6, 6.07) is 7.43. The first-order valence-electron chi connectivity index (χ1n) is 11.3. The van der Waals surface area contributed by atoms with Crippen LogP contribution in [0.3, 0.4) is 0 Å². The Morgan fingerprint density at radius 3 is 2.89 bits per heavy atom. The average molecular weight is 479 g/mol. The fourth-order valence-corrected chi connectivity index (χ4v) is 3.82. The smallest absolute Gasteiger partial charge is 0.407 e. The first-order valence-corrected chi connectivity index (χ1v) is 11.3. The molecule has 4 aromatic rings. The maximum Gasteiger partial charge on any atom is 0.407 e. The van der Waals surface area contributed by atoms with E-state index in [1.54, 1.807) is 17.2 Å². The molecular formula is C23H26N8O4. The van der Waals surface area contributed by atoms with Gasteiger partial charge in [0, 0.05) is 33.4 Å². The highest BCUT2D eigenvalue weighted by Crippen LogP contribution is 2.32. The molecule has 0 unspecified atom stereocenters. The third-order valence-corrected chi connectivity index (χ3v) is 5.65. The van der Waals surface area contributed by atoms with E-state index in [-0.39, 0.29) is 6.79 Å². The Balaban J connectivity index is 1.12. The summed E-state index contributed by atoms with van der Waals surface area (Å²) < 4.78 is 19.7. The van der Waals surface area contributed by atoms with Crippen LogP contribution in [0.5, 0.6) is 11.5 Å². The largest absolute Gasteiger partial charge is 0.454 e. The Bertz CT molecular complexity index is 1350. The molecule has 0 bridgehead atoms. The van der Waals surface area contributed by atoms with Crippen LogP contribution in [0.1, 0.15) is 18.4 Å². The molecule has 0 spiro atoms. The molecule has 12 heteroatoms. The SMILES string of the molecule is CNc1nc(-c2ccnn2C)nc2c1ncn2CCCCOC(=O)NCc1ccc2c(c1)OCO2. The highest BCUT2D eigenvalue weighted by atomic mass is 16.7. The molecule has 0 saturated heterocycles. The molecule has 4 heterocycles. The predicted molar refractivity (Wildman–Crippen MR) is 127 cm³/mol. The van der Waals surface area contributed by atoms with E-state index in [9.17, 15) is 4.79 Å². The van der Waals surface area contributed by atoms with E-state index in [2.05, 4.69) is 25.7 Å². The predicted octanol–water partition coefficient (Wildman–Crippen LogP) is 2.70. The van der Waals surface area contributed by atoms with Crippen LogP contribution in [0.4, 0.5) is 10.6 Å². The van der Waals surface area contributed by atoms with Gasteiger partial charge >= 0.3 is 6.09 Å². The Morgan fingerprint density at radius 2 is 2.06 bits per heavy atom. The van der Waals surface area contributed by atoms with Crippen molar-refractivity contribution < 1.29 is 19.0 Å². The van der Waals surface area contributed by atoms with Crippen LogP contribution in [0.15, 0.2) is 36.8 Å². The summed E-state index contributed by atoms with van der Waals surface area (Å²) in [4.78, 5) is 25.8. The summed E-state index contributed by atoms with van der Waals surface area (Å²) in [5, 5.41) is 10.1. The van der Waals surface area contributed by atoms with Crippen molar-refractivity contribution in [1.82, 2.24) is 34.6 Å². The first kappa shape index (κ1) is 22.4. The van der Waals surface area contributed by atoms with Crippen LogP contribution in [0.2, 0.25) is 0 Å². The first-order chi connectivity index (χ1) is 17.1. The van der Waals surface area contributed by atoms with Gasteiger partial charge in [0.1, 0.15) is 11.2 Å². The molecule has 3 aromatic heterocycles. The van der Waals surface area contributed by atoms with E-state index in [4.69, 9.17) is 19.2 Å². The molecule has 1 aromatic carbocycles. The Hall–Kier alpha value is -4.35. The van der Waals surface area contributed by atoms with Crippen LogP contribution in [0.25, 0.3) is 22.7 Å². The van der Waals surface area contributed by atoms with Crippen molar-refractivity contribution in [2.45, 2.75) is 25.9 Å². The maximum atomic E-state index is 12.0. The molecule has 0 aliphatic carbocycles. The summed E-state index contributed by atoms with van der Waals surface area (Å²) in [6.45, 7) is 1.57. The lowest BCUT2D eigenvalue weighted by atomic mass is 10.2. The summed E-state index contributed by atoms with van der Waals surface area (Å²) in [5.74, 6) is 2.63. The topological polar surface area (TPSA) is 130 Å². The standard InChI is InChI=1S/C23H26N8O4/c1-24-21-19-22(29-20(28-21)16-7-8-27-30(16)2)31(13-26-19)9-3-4-10-33-23(32)25-12-15-5-6-17-18(11-15)35-14-34-17/h5-8,11,13H,3-4,9-10,12,14H2,1-2H3,(H,25,32)(H,24,28,29). The van der Waals surface area contributed by atoms with Crippen molar-refractivity contribution in [1.29, 1.82) is 0 Å². The van der Waals surface area contributed by atoms with Crippen LogP contribution in [-0.4, -0.2) is 55.8 Å². The van der Waals surface area contributed by atoms with Gasteiger partial charge in [0.2, 0.25) is 6.79 Å². The summed E-state index contributed by atoms with van der Waals surface area (Å²) >= 11 is 0. The van der Waals surface area contributed by atoms with Gasteiger partial charge in [-0.25, -0.2) is 19.7 Å². The highest BCUT2D eigenvalue weighted by Gasteiger charge is 2.16. The number of ether oxygens (including phenoxy) is 3. The number of unbranched alkanes of at least 4 members (excludes halogenated alkanes) is 1. The monoisotopic (exact) mass is 478 g/mol. The number of carbonyl (C=O) groups excluding carboxylic acids is 1. The van der Waals surface area contributed by atoms with E-state index in [1.165, 1.54) is 0 Å². The maximum absolute atomic E-state index is 12.0. The van der Waals surface area contributed by atoms with Crippen molar-refractivity contribution in [2.24, 2.45) is 7.05 Å². The number of fused-ring (bicyclic) bond motifs is 2. The second-order valence-electron chi connectivity index (χ2n) is 7.98. The van der Waals surface area contributed by atoms with E-state index < -0.39 is 6.09 Å². The minimum absolute atomic E-state index is 0.221. The van der Waals surface area contributed by atoms with Crippen molar-refractivity contribution in [3.8, 4) is 23.0 Å². The number of alkyl carbamates (subject to hydrolysis) is 1. The molecule has 12 nitrogen and oxygen atoms in total. The van der Waals surface area contributed by atoms with Crippen LogP contribution in [-0.2, 0) is 24.9 Å². The van der Waals surface area contributed by atoms with Crippen molar-refractivity contribution in [3.63, 3.8) is 0 Å². The van der Waals surface area contributed by atoms with Gasteiger partial charge in [-0.3, -0.25) is 4.68 Å². The third kappa shape index (κ3) is 4.81. The molecule has 0 fully saturated rings. The molecule has 1 aliphatic rings. The van der Waals surface area contributed by atoms with E-state index in [0.717, 1.165) is 23.3 Å². The molecule has 0 atom stereocenters. The number of imidazole rings is 1. The number of hydrogen-bond acceptors (Lipinski definition) is 9. The van der Waals surface area contributed by atoms with Crippen molar-refractivity contribution in [2.75, 3.05) is 25.8 Å². The van der Waals surface area contributed by atoms with E-state index in [1.807, 2.05) is 42.9 Å². The zero-order chi connectivity index (χ0) is 24.2. The minimum Gasteiger partial charge on any atom is -0.454 e. The second-order valence-corrected chi connectivity index (χ2v) is 7.98. The van der Waals surface area contributed by atoms with Crippen LogP contribution < -0.4 is 20.1 Å². The number of aryl methyl sites for hydroxylation is 2. The number of nitrogens with one attached hydrogen (secondary N) is 2. The van der Waals surface area contributed by atoms with Crippen LogP contribution >= 0.6 is 0 Å². The number of rotatable bonds is 9. The summed E-state index contributed by atoms with van der Waals surface area (Å²) in [6.07, 6.45) is 4.51. The quantitative estimate of drug-likeness (QED) is 0.349. The van der Waals surface area contributed by atoms with Gasteiger partial charge in [-0.2, -0.15) is 5.10 Å². The minimum atomic E-state index is -0.456. The second kappa shape index (κ2) is 9.87. The number of carbonyl (C=O) groups is 1. The molecule has 1 amide bonds. The average Bonchev–Trinajstić information content (AvgIpc) is 3.61. The third-order valence-electron chi connectivity index (χ3n) is 5.65. The summed E-state index contributed by atoms with van der Waals surface area (Å²) in [7, 11) is 3.66. The Kier molecular flexibility index (Phi) is 6.33. The zero-order valence-corrected chi connectivity index (χ0v) is 19.5. The molecule has 0 radical (unpaired) electrons. The zero-order valence-electron chi connectivity index (χ0n) is 19.5. The van der Waals surface area contributed by atoms with Gasteiger partial charge in [-0.15, -0.1) is 0 Å². The van der Waals surface area contributed by atoms with Crippen LogP contribution in [0, 0.1) is 0 Å². The van der Waals surface area contributed by atoms with E-state index >= 15 is 0 Å². The highest BCUT2D eigenvalue weighted by molar-refractivity contribution is 5.84. The number of hydrogen-bond donors (Lipinski definition) is 2. The summed E-state index contributed by atoms with van der Waals surface area (Å²) in [5.41, 5.74) is 3.17. The van der Waals surface area contributed by atoms with Gasteiger partial charge < -0.3 is 29.4 Å². The fourth-order valence-electron chi connectivity index (χ4n) is 3.82. The van der Waals surface area contributed by atoms with Crippen molar-refractivity contribution in [3.05, 3.63) is 42.4 Å². The number of amides is 1. The Labute approximate surface area is 201 Å². The van der Waals surface area contributed by atoms with Crippen molar-refractivity contribution >= 4 is 23.1 Å². The fraction of sp³-hybridized carbons (Fsp3) is 0.348. The van der Waals surface area contributed by atoms with Gasteiger partial charge in [-0.1, -0.05) is 6.07 Å². The molecule has 0 saturated carbocycles. The number of anilines is 1. The molecule has 5 rings (SSSR count). The van der Waals surface area contributed by atoms with Gasteiger partial charge in [0.15, 0.2) is 28.8 Å². The molecule has 182 valence electrons. The lowest BCUT2D eigenvalue weighted by Crippen LogP contribution is -2.24. The van der Waals surface area contributed by atoms with Gasteiger partial charge in [0.05, 0.1) is 12.9 Å². The lowest BCUT2D eigenvalue weighted by Gasteiger charge is -2.09. The number of nitrogens with zero attached hydrogens (tertiary/aromatic N) is 6. The molecular weight excluding hydrogens is 452 g/mol. The number of benzene rings is 1. The Morgan fingerprint density at radius 1 is 1.17 bits per heavy atom.